The van der Waals surface area contributed by atoms with Crippen LogP contribution in [0.2, 0.25) is 0 Å². The van der Waals surface area contributed by atoms with Crippen LogP contribution in [0.3, 0.4) is 0 Å². The molecule has 1 N–H and O–H groups in total. The molecule has 1 saturated carbocycles. The zero-order chi connectivity index (χ0) is 26.5. The molecule has 194 valence electrons. The smallest absolute Gasteiger partial charge is 0.316 e. The van der Waals surface area contributed by atoms with Crippen molar-refractivity contribution in [3.05, 3.63) is 90.0 Å². The Bertz CT molecular complexity index is 1340. The van der Waals surface area contributed by atoms with E-state index in [1.807, 2.05) is 42.5 Å². The highest BCUT2D eigenvalue weighted by Gasteiger charge is 2.52. The summed E-state index contributed by atoms with van der Waals surface area (Å²) in [6.45, 7) is 2.15. The molecule has 0 unspecified atom stereocenters. The minimum atomic E-state index is -3.67. The zero-order valence-electron chi connectivity index (χ0n) is 20.8. The highest BCUT2D eigenvalue weighted by molar-refractivity contribution is 7.89. The molecule has 8 nitrogen and oxygen atoms in total. The molecule has 0 spiro atoms. The van der Waals surface area contributed by atoms with Gasteiger partial charge in [-0.3, -0.25) is 9.59 Å². The average Bonchev–Trinajstić information content (AvgIpc) is 3.71. The van der Waals surface area contributed by atoms with Crippen LogP contribution in [-0.2, 0) is 36.3 Å². The first-order chi connectivity index (χ1) is 17.7. The van der Waals surface area contributed by atoms with E-state index in [0.29, 0.717) is 18.0 Å². The number of sulfonamides is 1. The van der Waals surface area contributed by atoms with E-state index in [9.17, 15) is 18.0 Å². The average molecular weight is 523 g/mol. The number of hydrogen-bond acceptors (Lipinski definition) is 6. The molecule has 0 radical (unpaired) electrons. The maximum absolute atomic E-state index is 12.9. The number of hydrogen-bond donors (Lipinski definition) is 1. The van der Waals surface area contributed by atoms with Crippen LogP contribution in [0.5, 0.6) is 5.75 Å². The Morgan fingerprint density at radius 3 is 2.19 bits per heavy atom. The predicted molar refractivity (Wildman–Crippen MR) is 140 cm³/mol. The molecule has 0 bridgehead atoms. The third-order valence-electron chi connectivity index (χ3n) is 6.29. The molecule has 0 saturated heterocycles. The van der Waals surface area contributed by atoms with Gasteiger partial charge in [0.1, 0.15) is 5.75 Å². The molecule has 9 heteroatoms. The maximum atomic E-state index is 12.9. The number of nitrogens with one attached hydrogen (secondary N) is 1. The molecule has 3 aromatic carbocycles. The van der Waals surface area contributed by atoms with E-state index >= 15 is 0 Å². The van der Waals surface area contributed by atoms with Gasteiger partial charge in [-0.2, -0.15) is 4.31 Å². The van der Waals surface area contributed by atoms with Crippen LogP contribution in [0.1, 0.15) is 30.9 Å². The molecule has 3 aromatic rings. The molecular formula is C28H30N2O6S. The number of esters is 1. The quantitative estimate of drug-likeness (QED) is 0.380. The Balaban J connectivity index is 1.29. The molecule has 0 aromatic heterocycles. The SMILES string of the molecule is CCOC(=O)C1(c2ccc(NC(=O)COc3ccc(S(=O)(=O)N(C)Cc4ccccc4)cc3)cc2)CC1. The van der Waals surface area contributed by atoms with Crippen LogP contribution in [0.25, 0.3) is 0 Å². The first-order valence-corrected chi connectivity index (χ1v) is 13.5. The monoisotopic (exact) mass is 522 g/mol. The lowest BCUT2D eigenvalue weighted by atomic mass is 9.96. The Morgan fingerprint density at radius 1 is 0.946 bits per heavy atom. The maximum Gasteiger partial charge on any atom is 0.316 e. The van der Waals surface area contributed by atoms with Crippen molar-refractivity contribution in [3.63, 3.8) is 0 Å². The van der Waals surface area contributed by atoms with Crippen LogP contribution in [0.15, 0.2) is 83.8 Å². The van der Waals surface area contributed by atoms with E-state index in [4.69, 9.17) is 9.47 Å². The van der Waals surface area contributed by atoms with Crippen LogP contribution >= 0.6 is 0 Å². The van der Waals surface area contributed by atoms with E-state index in [-0.39, 0.29) is 29.9 Å². The van der Waals surface area contributed by atoms with E-state index in [0.717, 1.165) is 24.0 Å². The number of carbonyl (C=O) groups excluding carboxylic acids is 2. The van der Waals surface area contributed by atoms with Crippen LogP contribution in [-0.4, -0.2) is 44.9 Å². The van der Waals surface area contributed by atoms with Gasteiger partial charge in [-0.15, -0.1) is 0 Å². The standard InChI is InChI=1S/C28H30N2O6S/c1-3-35-27(32)28(17-18-28)22-9-11-23(12-10-22)29-26(31)20-36-24-13-15-25(16-14-24)37(33,34)30(2)19-21-7-5-4-6-8-21/h4-16H,3,17-20H2,1-2H3,(H,29,31). The van der Waals surface area contributed by atoms with Gasteiger partial charge in [0.2, 0.25) is 10.0 Å². The first kappa shape index (κ1) is 26.4. The molecule has 0 heterocycles. The van der Waals surface area contributed by atoms with Crippen molar-refractivity contribution in [2.24, 2.45) is 0 Å². The minimum Gasteiger partial charge on any atom is -0.484 e. The van der Waals surface area contributed by atoms with E-state index in [1.165, 1.54) is 35.6 Å². The summed E-state index contributed by atoms with van der Waals surface area (Å²) in [4.78, 5) is 24.7. The number of ether oxygens (including phenoxy) is 2. The van der Waals surface area contributed by atoms with Crippen LogP contribution in [0.4, 0.5) is 5.69 Å². The second-order valence-electron chi connectivity index (χ2n) is 8.93. The lowest BCUT2D eigenvalue weighted by Crippen LogP contribution is -2.26. The fourth-order valence-electron chi connectivity index (χ4n) is 4.04. The molecule has 1 aliphatic rings. The van der Waals surface area contributed by atoms with E-state index in [1.54, 1.807) is 19.1 Å². The third kappa shape index (κ3) is 6.18. The van der Waals surface area contributed by atoms with Gasteiger partial charge < -0.3 is 14.8 Å². The van der Waals surface area contributed by atoms with Crippen molar-refractivity contribution < 1.29 is 27.5 Å². The van der Waals surface area contributed by atoms with Gasteiger partial charge in [-0.05, 0) is 67.3 Å². The fourth-order valence-corrected chi connectivity index (χ4v) is 5.20. The van der Waals surface area contributed by atoms with Crippen molar-refractivity contribution in [2.45, 2.75) is 36.6 Å². The third-order valence-corrected chi connectivity index (χ3v) is 8.10. The fraction of sp³-hybridized carbons (Fsp3) is 0.286. The Labute approximate surface area is 217 Å². The molecule has 4 rings (SSSR count). The number of anilines is 1. The summed E-state index contributed by atoms with van der Waals surface area (Å²) >= 11 is 0. The Kier molecular flexibility index (Phi) is 7.94. The van der Waals surface area contributed by atoms with E-state index in [2.05, 4.69) is 5.32 Å². The van der Waals surface area contributed by atoms with Crippen molar-refractivity contribution >= 4 is 27.6 Å². The number of nitrogens with zero attached hydrogens (tertiary/aromatic N) is 1. The van der Waals surface area contributed by atoms with Gasteiger partial charge in [0.25, 0.3) is 5.91 Å². The van der Waals surface area contributed by atoms with Crippen molar-refractivity contribution in [3.8, 4) is 5.75 Å². The second-order valence-corrected chi connectivity index (χ2v) is 11.0. The summed E-state index contributed by atoms with van der Waals surface area (Å²) < 4.78 is 37.8. The molecular weight excluding hydrogens is 492 g/mol. The lowest BCUT2D eigenvalue weighted by Gasteiger charge is -2.17. The van der Waals surface area contributed by atoms with Gasteiger partial charge in [-0.1, -0.05) is 42.5 Å². The summed E-state index contributed by atoms with van der Waals surface area (Å²) in [7, 11) is -2.14. The molecule has 1 fully saturated rings. The number of rotatable bonds is 11. The molecule has 37 heavy (non-hydrogen) atoms. The summed E-state index contributed by atoms with van der Waals surface area (Å²) in [5.41, 5.74) is 1.79. The van der Waals surface area contributed by atoms with Crippen molar-refractivity contribution in [2.75, 3.05) is 25.6 Å². The predicted octanol–water partition coefficient (Wildman–Crippen LogP) is 4.12. The molecule has 1 amide bonds. The Morgan fingerprint density at radius 2 is 1.59 bits per heavy atom. The molecule has 1 aliphatic carbocycles. The minimum absolute atomic E-state index is 0.138. The van der Waals surface area contributed by atoms with Crippen molar-refractivity contribution in [1.29, 1.82) is 0 Å². The highest BCUT2D eigenvalue weighted by atomic mass is 32.2. The van der Waals surface area contributed by atoms with Crippen molar-refractivity contribution in [1.82, 2.24) is 4.31 Å². The topological polar surface area (TPSA) is 102 Å². The largest absolute Gasteiger partial charge is 0.484 e. The normalized spacial score (nSPS) is 14.1. The first-order valence-electron chi connectivity index (χ1n) is 12.1. The molecule has 0 atom stereocenters. The van der Waals surface area contributed by atoms with Gasteiger partial charge in [0.05, 0.1) is 16.9 Å². The summed E-state index contributed by atoms with van der Waals surface area (Å²) in [6.07, 6.45) is 1.52. The van der Waals surface area contributed by atoms with Gasteiger partial charge in [0.15, 0.2) is 6.61 Å². The summed E-state index contributed by atoms with van der Waals surface area (Å²) in [5.74, 6) is -0.194. The van der Waals surface area contributed by atoms with Gasteiger partial charge in [0, 0.05) is 19.3 Å². The Hall–Kier alpha value is -3.69. The van der Waals surface area contributed by atoms with E-state index < -0.39 is 15.4 Å². The summed E-state index contributed by atoms with van der Waals surface area (Å²) in [6, 6.07) is 22.5. The van der Waals surface area contributed by atoms with Gasteiger partial charge in [-0.25, -0.2) is 8.42 Å². The number of carbonyl (C=O) groups is 2. The van der Waals surface area contributed by atoms with Gasteiger partial charge >= 0.3 is 5.97 Å². The van der Waals surface area contributed by atoms with Crippen LogP contribution < -0.4 is 10.1 Å². The lowest BCUT2D eigenvalue weighted by molar-refractivity contribution is -0.146. The second kappa shape index (κ2) is 11.1. The molecule has 0 aliphatic heterocycles. The number of amides is 1. The zero-order valence-corrected chi connectivity index (χ0v) is 21.7. The highest BCUT2D eigenvalue weighted by Crippen LogP contribution is 2.49. The van der Waals surface area contributed by atoms with Crippen LogP contribution in [0, 0.1) is 0 Å². The summed E-state index contributed by atoms with van der Waals surface area (Å²) in [5, 5.41) is 2.76. The number of benzene rings is 3.